The Bertz CT molecular complexity index is 777. The standard InChI is InChI=1S/C18H18O5/c1-10-7-13(14(18(20)21)8-11(10)2)17(19)15-9-12(22-3)5-6-16(15)23-4/h5-9H,1-4H3,(H,20,21). The first-order chi connectivity index (χ1) is 10.9. The van der Waals surface area contributed by atoms with Gasteiger partial charge in [0.1, 0.15) is 11.5 Å². The fourth-order valence-corrected chi connectivity index (χ4v) is 2.32. The average Bonchev–Trinajstić information content (AvgIpc) is 2.55. The lowest BCUT2D eigenvalue weighted by molar-refractivity contribution is 0.0692. The second kappa shape index (κ2) is 6.52. The fraction of sp³-hybridized carbons (Fsp3) is 0.222. The first-order valence-corrected chi connectivity index (χ1v) is 7.00. The van der Waals surface area contributed by atoms with Crippen molar-refractivity contribution < 1.29 is 24.2 Å². The van der Waals surface area contributed by atoms with Crippen LogP contribution in [0, 0.1) is 13.8 Å². The number of carboxylic acid groups (broad SMARTS) is 1. The molecule has 0 amide bonds. The normalized spacial score (nSPS) is 10.3. The number of aromatic carboxylic acids is 1. The van der Waals surface area contributed by atoms with E-state index in [0.717, 1.165) is 11.1 Å². The molecule has 0 saturated heterocycles. The van der Waals surface area contributed by atoms with Gasteiger partial charge in [0.05, 0.1) is 25.3 Å². The number of rotatable bonds is 5. The van der Waals surface area contributed by atoms with Crippen LogP contribution in [0.15, 0.2) is 30.3 Å². The highest BCUT2D eigenvalue weighted by Gasteiger charge is 2.22. The Labute approximate surface area is 134 Å². The quantitative estimate of drug-likeness (QED) is 0.858. The van der Waals surface area contributed by atoms with E-state index >= 15 is 0 Å². The largest absolute Gasteiger partial charge is 0.497 e. The van der Waals surface area contributed by atoms with Crippen LogP contribution in [0.3, 0.4) is 0 Å². The molecule has 0 unspecified atom stereocenters. The molecular weight excluding hydrogens is 296 g/mol. The molecule has 2 aromatic carbocycles. The maximum absolute atomic E-state index is 12.9. The van der Waals surface area contributed by atoms with Crippen LogP contribution >= 0.6 is 0 Å². The van der Waals surface area contributed by atoms with E-state index in [0.29, 0.717) is 11.5 Å². The molecule has 120 valence electrons. The van der Waals surface area contributed by atoms with E-state index in [4.69, 9.17) is 9.47 Å². The van der Waals surface area contributed by atoms with E-state index in [1.165, 1.54) is 20.3 Å². The molecule has 0 aliphatic rings. The smallest absolute Gasteiger partial charge is 0.336 e. The topological polar surface area (TPSA) is 72.8 Å². The molecule has 0 aromatic heterocycles. The molecule has 2 aromatic rings. The van der Waals surface area contributed by atoms with Gasteiger partial charge in [0.2, 0.25) is 0 Å². The Morgan fingerprint density at radius 1 is 0.870 bits per heavy atom. The lowest BCUT2D eigenvalue weighted by atomic mass is 9.93. The van der Waals surface area contributed by atoms with Crippen molar-refractivity contribution in [2.45, 2.75) is 13.8 Å². The van der Waals surface area contributed by atoms with Crippen molar-refractivity contribution in [1.29, 1.82) is 0 Å². The van der Waals surface area contributed by atoms with Crippen molar-refractivity contribution in [3.05, 3.63) is 58.1 Å². The molecule has 5 heteroatoms. The summed E-state index contributed by atoms with van der Waals surface area (Å²) in [6, 6.07) is 7.95. The summed E-state index contributed by atoms with van der Waals surface area (Å²) in [6.45, 7) is 3.64. The van der Waals surface area contributed by atoms with Gasteiger partial charge in [-0.2, -0.15) is 0 Å². The van der Waals surface area contributed by atoms with Crippen LogP contribution in [-0.2, 0) is 0 Å². The fourth-order valence-electron chi connectivity index (χ4n) is 2.32. The second-order valence-electron chi connectivity index (χ2n) is 5.18. The van der Waals surface area contributed by atoms with Gasteiger partial charge in [-0.05, 0) is 55.3 Å². The van der Waals surface area contributed by atoms with Crippen molar-refractivity contribution in [3.63, 3.8) is 0 Å². The van der Waals surface area contributed by atoms with E-state index in [-0.39, 0.29) is 16.7 Å². The molecular formula is C18H18O5. The van der Waals surface area contributed by atoms with Crippen LogP contribution in [0.5, 0.6) is 11.5 Å². The average molecular weight is 314 g/mol. The van der Waals surface area contributed by atoms with Gasteiger partial charge in [0.15, 0.2) is 5.78 Å². The Balaban J connectivity index is 2.65. The van der Waals surface area contributed by atoms with Gasteiger partial charge in [0, 0.05) is 5.56 Å². The molecule has 1 N–H and O–H groups in total. The first kappa shape index (κ1) is 16.5. The molecule has 0 heterocycles. The molecule has 0 spiro atoms. The highest BCUT2D eigenvalue weighted by atomic mass is 16.5. The minimum Gasteiger partial charge on any atom is -0.497 e. The summed E-state index contributed by atoms with van der Waals surface area (Å²) in [5, 5.41) is 9.40. The number of hydrogen-bond donors (Lipinski definition) is 1. The first-order valence-electron chi connectivity index (χ1n) is 7.00. The molecule has 0 radical (unpaired) electrons. The number of carbonyl (C=O) groups excluding carboxylic acids is 1. The molecule has 0 atom stereocenters. The Morgan fingerprint density at radius 3 is 2.00 bits per heavy atom. The van der Waals surface area contributed by atoms with Crippen molar-refractivity contribution in [2.24, 2.45) is 0 Å². The van der Waals surface area contributed by atoms with Crippen LogP contribution in [0.4, 0.5) is 0 Å². The summed E-state index contributed by atoms with van der Waals surface area (Å²) in [4.78, 5) is 24.4. The van der Waals surface area contributed by atoms with E-state index in [9.17, 15) is 14.7 Å². The van der Waals surface area contributed by atoms with Gasteiger partial charge in [-0.25, -0.2) is 4.79 Å². The minimum atomic E-state index is -1.14. The Kier molecular flexibility index (Phi) is 4.69. The molecule has 0 aliphatic carbocycles. The van der Waals surface area contributed by atoms with Crippen LogP contribution in [0.1, 0.15) is 37.4 Å². The Hall–Kier alpha value is -2.82. The molecule has 2 rings (SSSR count). The second-order valence-corrected chi connectivity index (χ2v) is 5.18. The Morgan fingerprint density at radius 2 is 1.48 bits per heavy atom. The molecule has 0 aliphatic heterocycles. The molecule has 0 fully saturated rings. The molecule has 5 nitrogen and oxygen atoms in total. The predicted octanol–water partition coefficient (Wildman–Crippen LogP) is 3.25. The van der Waals surface area contributed by atoms with E-state index in [1.807, 2.05) is 13.8 Å². The van der Waals surface area contributed by atoms with Crippen molar-refractivity contribution >= 4 is 11.8 Å². The highest BCUT2D eigenvalue weighted by Crippen LogP contribution is 2.28. The third kappa shape index (κ3) is 3.18. The lowest BCUT2D eigenvalue weighted by Gasteiger charge is -2.13. The summed E-state index contributed by atoms with van der Waals surface area (Å²) in [7, 11) is 2.95. The number of ketones is 1. The number of hydrogen-bond acceptors (Lipinski definition) is 4. The van der Waals surface area contributed by atoms with Gasteiger partial charge < -0.3 is 14.6 Å². The van der Waals surface area contributed by atoms with Gasteiger partial charge in [-0.1, -0.05) is 0 Å². The third-order valence-electron chi connectivity index (χ3n) is 3.76. The van der Waals surface area contributed by atoms with Crippen molar-refractivity contribution in [1.82, 2.24) is 0 Å². The summed E-state index contributed by atoms with van der Waals surface area (Å²) in [5.74, 6) is -0.695. The highest BCUT2D eigenvalue weighted by molar-refractivity contribution is 6.15. The minimum absolute atomic E-state index is 0.0250. The van der Waals surface area contributed by atoms with E-state index < -0.39 is 11.8 Å². The SMILES string of the molecule is COc1ccc(OC)c(C(=O)c2cc(C)c(C)cc2C(=O)O)c1. The molecule has 0 bridgehead atoms. The van der Waals surface area contributed by atoms with E-state index in [1.54, 1.807) is 24.3 Å². The third-order valence-corrected chi connectivity index (χ3v) is 3.76. The zero-order chi connectivity index (χ0) is 17.1. The summed E-state index contributed by atoms with van der Waals surface area (Å²) >= 11 is 0. The van der Waals surface area contributed by atoms with Crippen LogP contribution in [-0.4, -0.2) is 31.1 Å². The number of benzene rings is 2. The number of methoxy groups -OCH3 is 2. The van der Waals surface area contributed by atoms with Crippen molar-refractivity contribution in [2.75, 3.05) is 14.2 Å². The lowest BCUT2D eigenvalue weighted by Crippen LogP contribution is -2.12. The monoisotopic (exact) mass is 314 g/mol. The van der Waals surface area contributed by atoms with Gasteiger partial charge >= 0.3 is 5.97 Å². The van der Waals surface area contributed by atoms with Crippen LogP contribution < -0.4 is 9.47 Å². The molecule has 23 heavy (non-hydrogen) atoms. The maximum atomic E-state index is 12.9. The number of carboxylic acids is 1. The summed E-state index contributed by atoms with van der Waals surface area (Å²) in [6.07, 6.45) is 0. The van der Waals surface area contributed by atoms with Gasteiger partial charge in [0.25, 0.3) is 0 Å². The summed E-state index contributed by atoms with van der Waals surface area (Å²) < 4.78 is 10.4. The number of carbonyl (C=O) groups is 2. The van der Waals surface area contributed by atoms with E-state index in [2.05, 4.69) is 0 Å². The number of ether oxygens (including phenoxy) is 2. The van der Waals surface area contributed by atoms with Gasteiger partial charge in [-0.15, -0.1) is 0 Å². The molecule has 0 saturated carbocycles. The maximum Gasteiger partial charge on any atom is 0.336 e. The summed E-state index contributed by atoms with van der Waals surface area (Å²) in [5.41, 5.74) is 2.03. The van der Waals surface area contributed by atoms with Crippen molar-refractivity contribution in [3.8, 4) is 11.5 Å². The van der Waals surface area contributed by atoms with Crippen LogP contribution in [0.2, 0.25) is 0 Å². The van der Waals surface area contributed by atoms with Gasteiger partial charge in [-0.3, -0.25) is 4.79 Å². The zero-order valence-electron chi connectivity index (χ0n) is 13.5. The number of aryl methyl sites for hydroxylation is 2. The zero-order valence-corrected chi connectivity index (χ0v) is 13.5. The van der Waals surface area contributed by atoms with Crippen LogP contribution in [0.25, 0.3) is 0 Å². The predicted molar refractivity (Wildman–Crippen MR) is 85.9 cm³/mol.